The summed E-state index contributed by atoms with van der Waals surface area (Å²) in [6, 6.07) is 7.41. The van der Waals surface area contributed by atoms with Gasteiger partial charge in [-0.3, -0.25) is 4.79 Å². The third-order valence-electron chi connectivity index (χ3n) is 2.79. The number of thiophene rings is 1. The summed E-state index contributed by atoms with van der Waals surface area (Å²) in [5, 5.41) is 18.1. The van der Waals surface area contributed by atoms with Gasteiger partial charge in [0.2, 0.25) is 0 Å². The van der Waals surface area contributed by atoms with Gasteiger partial charge in [0.05, 0.1) is 18.7 Å². The molecule has 18 heavy (non-hydrogen) atoms. The van der Waals surface area contributed by atoms with Crippen LogP contribution in [0.25, 0.3) is 0 Å². The van der Waals surface area contributed by atoms with Crippen molar-refractivity contribution in [2.24, 2.45) is 5.92 Å². The molecular weight excluding hydrogens is 248 g/mol. The molecule has 1 aromatic rings. The highest BCUT2D eigenvalue weighted by atomic mass is 32.1. The highest BCUT2D eigenvalue weighted by Gasteiger charge is 2.46. The Balaban J connectivity index is 3.31. The maximum absolute atomic E-state index is 12.1. The summed E-state index contributed by atoms with van der Waals surface area (Å²) in [6.07, 6.45) is 0. The number of rotatable bonds is 4. The van der Waals surface area contributed by atoms with Gasteiger partial charge in [0, 0.05) is 9.75 Å². The minimum absolute atomic E-state index is 0.225. The fraction of sp³-hybridized carbons (Fsp3) is 0.462. The topological polar surface area (TPSA) is 73.9 Å². The highest BCUT2D eigenvalue weighted by Crippen LogP contribution is 2.37. The monoisotopic (exact) mass is 262 g/mol. The Bertz CT molecular complexity index is 510. The van der Waals surface area contributed by atoms with E-state index in [-0.39, 0.29) is 6.61 Å². The van der Waals surface area contributed by atoms with E-state index in [0.717, 1.165) is 4.88 Å². The molecule has 1 rings (SSSR count). The van der Waals surface area contributed by atoms with E-state index < -0.39 is 17.3 Å². The van der Waals surface area contributed by atoms with Crippen LogP contribution in [0.5, 0.6) is 0 Å². The van der Waals surface area contributed by atoms with Crippen molar-refractivity contribution in [2.75, 3.05) is 6.61 Å². The molecule has 0 aliphatic rings. The van der Waals surface area contributed by atoms with E-state index in [1.165, 1.54) is 11.3 Å². The van der Waals surface area contributed by atoms with Gasteiger partial charge in [0.15, 0.2) is 5.92 Å². The molecule has 0 saturated carbocycles. The quantitative estimate of drug-likeness (QED) is 0.781. The van der Waals surface area contributed by atoms with Crippen molar-refractivity contribution in [2.45, 2.75) is 26.2 Å². The van der Waals surface area contributed by atoms with E-state index in [1.54, 1.807) is 19.9 Å². The van der Waals surface area contributed by atoms with Crippen LogP contribution in [0.1, 0.15) is 23.6 Å². The predicted octanol–water partition coefficient (Wildman–Crippen LogP) is 2.54. The second-order valence-corrected chi connectivity index (χ2v) is 5.31. The molecule has 1 aromatic heterocycles. The van der Waals surface area contributed by atoms with Crippen LogP contribution >= 0.6 is 11.3 Å². The minimum atomic E-state index is -1.22. The van der Waals surface area contributed by atoms with E-state index in [2.05, 4.69) is 0 Å². The molecule has 1 unspecified atom stereocenters. The van der Waals surface area contributed by atoms with E-state index in [9.17, 15) is 4.79 Å². The average Bonchev–Trinajstić information content (AvgIpc) is 2.77. The van der Waals surface area contributed by atoms with Gasteiger partial charge >= 0.3 is 5.97 Å². The molecule has 1 heterocycles. The molecule has 0 spiro atoms. The number of carbonyl (C=O) groups is 1. The lowest BCUT2D eigenvalue weighted by Gasteiger charge is -2.26. The highest BCUT2D eigenvalue weighted by molar-refractivity contribution is 7.12. The van der Waals surface area contributed by atoms with Crippen molar-refractivity contribution in [3.63, 3.8) is 0 Å². The summed E-state index contributed by atoms with van der Waals surface area (Å²) in [5.74, 6) is -1.59. The molecular formula is C13H14N2O2S. The molecule has 0 N–H and O–H groups in total. The minimum Gasteiger partial charge on any atom is -0.465 e. The number of hydrogen-bond donors (Lipinski definition) is 0. The van der Waals surface area contributed by atoms with Crippen LogP contribution in [-0.4, -0.2) is 12.6 Å². The predicted molar refractivity (Wildman–Crippen MR) is 67.8 cm³/mol. The van der Waals surface area contributed by atoms with Gasteiger partial charge in [-0.15, -0.1) is 11.3 Å². The van der Waals surface area contributed by atoms with Crippen LogP contribution in [0.4, 0.5) is 0 Å². The van der Waals surface area contributed by atoms with E-state index in [4.69, 9.17) is 15.3 Å². The first-order valence-electron chi connectivity index (χ1n) is 5.54. The van der Waals surface area contributed by atoms with Crippen molar-refractivity contribution in [1.82, 2.24) is 0 Å². The summed E-state index contributed by atoms with van der Waals surface area (Å²) in [6.45, 7) is 5.43. The molecule has 0 saturated heterocycles. The van der Waals surface area contributed by atoms with Gasteiger partial charge in [0.1, 0.15) is 5.41 Å². The molecule has 0 aliphatic heterocycles. The van der Waals surface area contributed by atoms with Crippen molar-refractivity contribution >= 4 is 17.3 Å². The Morgan fingerprint density at radius 3 is 2.50 bits per heavy atom. The number of carbonyl (C=O) groups excluding carboxylic acids is 1. The van der Waals surface area contributed by atoms with Crippen LogP contribution in [0.3, 0.4) is 0 Å². The molecule has 0 bridgehead atoms. The van der Waals surface area contributed by atoms with E-state index >= 15 is 0 Å². The SMILES string of the molecule is CCOC(=O)C(C)(c1ccc(C)s1)C(C#N)C#N. The Hall–Kier alpha value is -1.85. The number of nitriles is 2. The van der Waals surface area contributed by atoms with Crippen LogP contribution in [0, 0.1) is 35.5 Å². The van der Waals surface area contributed by atoms with Crippen molar-refractivity contribution < 1.29 is 9.53 Å². The van der Waals surface area contributed by atoms with Gasteiger partial charge in [-0.25, -0.2) is 0 Å². The number of hydrogen-bond acceptors (Lipinski definition) is 5. The summed E-state index contributed by atoms with van der Waals surface area (Å²) in [7, 11) is 0. The first-order valence-corrected chi connectivity index (χ1v) is 6.35. The van der Waals surface area contributed by atoms with E-state index in [0.29, 0.717) is 4.88 Å². The molecule has 0 amide bonds. The van der Waals surface area contributed by atoms with Crippen LogP contribution in [0.2, 0.25) is 0 Å². The summed E-state index contributed by atoms with van der Waals surface area (Å²) < 4.78 is 5.02. The molecule has 4 nitrogen and oxygen atoms in total. The number of nitrogens with zero attached hydrogens (tertiary/aromatic N) is 2. The third kappa shape index (κ3) is 2.37. The fourth-order valence-electron chi connectivity index (χ4n) is 1.64. The molecule has 0 aromatic carbocycles. The molecule has 0 fully saturated rings. The zero-order valence-electron chi connectivity index (χ0n) is 10.6. The first-order chi connectivity index (χ1) is 8.50. The maximum Gasteiger partial charge on any atom is 0.319 e. The van der Waals surface area contributed by atoms with E-state index in [1.807, 2.05) is 25.1 Å². The van der Waals surface area contributed by atoms with Gasteiger partial charge in [0.25, 0.3) is 0 Å². The zero-order valence-corrected chi connectivity index (χ0v) is 11.4. The number of esters is 1. The largest absolute Gasteiger partial charge is 0.465 e. The van der Waals surface area contributed by atoms with Crippen molar-refractivity contribution in [3.8, 4) is 12.1 Å². The van der Waals surface area contributed by atoms with Gasteiger partial charge in [-0.2, -0.15) is 10.5 Å². The Morgan fingerprint density at radius 2 is 2.11 bits per heavy atom. The molecule has 94 valence electrons. The Morgan fingerprint density at radius 1 is 1.50 bits per heavy atom. The smallest absolute Gasteiger partial charge is 0.319 e. The van der Waals surface area contributed by atoms with Gasteiger partial charge < -0.3 is 4.74 Å². The second kappa shape index (κ2) is 5.66. The normalized spacial score (nSPS) is 13.4. The van der Waals surface area contributed by atoms with Gasteiger partial charge in [-0.05, 0) is 32.9 Å². The lowest BCUT2D eigenvalue weighted by Crippen LogP contribution is -2.40. The summed E-state index contributed by atoms with van der Waals surface area (Å²) >= 11 is 1.40. The molecule has 0 radical (unpaired) electrons. The average molecular weight is 262 g/mol. The number of ether oxygens (including phenoxy) is 1. The van der Waals surface area contributed by atoms with Crippen LogP contribution in [-0.2, 0) is 14.9 Å². The molecule has 1 atom stereocenters. The van der Waals surface area contributed by atoms with Crippen LogP contribution in [0.15, 0.2) is 12.1 Å². The molecule has 0 aliphatic carbocycles. The fourth-order valence-corrected chi connectivity index (χ4v) is 2.67. The Labute approximate surface area is 110 Å². The third-order valence-corrected chi connectivity index (χ3v) is 4.03. The summed E-state index contributed by atoms with van der Waals surface area (Å²) in [4.78, 5) is 13.8. The van der Waals surface area contributed by atoms with Crippen LogP contribution < -0.4 is 0 Å². The lowest BCUT2D eigenvalue weighted by molar-refractivity contribution is -0.150. The molecule has 5 heteroatoms. The zero-order chi connectivity index (χ0) is 13.8. The first kappa shape index (κ1) is 14.2. The number of aryl methyl sites for hydroxylation is 1. The van der Waals surface area contributed by atoms with Crippen molar-refractivity contribution in [3.05, 3.63) is 21.9 Å². The van der Waals surface area contributed by atoms with Crippen molar-refractivity contribution in [1.29, 1.82) is 10.5 Å². The lowest BCUT2D eigenvalue weighted by atomic mass is 9.77. The summed E-state index contributed by atoms with van der Waals surface area (Å²) in [5.41, 5.74) is -1.22. The van der Waals surface area contributed by atoms with Gasteiger partial charge in [-0.1, -0.05) is 0 Å². The Kier molecular flexibility index (Phi) is 4.47. The second-order valence-electron chi connectivity index (χ2n) is 4.02. The maximum atomic E-state index is 12.1. The standard InChI is InChI=1S/C13H14N2O2S/c1-4-17-12(16)13(3,10(7-14)8-15)11-6-5-9(2)18-11/h5-6,10H,4H2,1-3H3.